The fraction of sp³-hybridized carbons (Fsp3) is 1.00. The Bertz CT molecular complexity index is 313. The van der Waals surface area contributed by atoms with E-state index in [2.05, 4.69) is 6.92 Å². The molecule has 0 bridgehead atoms. The summed E-state index contributed by atoms with van der Waals surface area (Å²) in [6.07, 6.45) is 19.5. The van der Waals surface area contributed by atoms with Gasteiger partial charge in [-0.1, -0.05) is 84.0 Å². The van der Waals surface area contributed by atoms with Crippen molar-refractivity contribution in [1.82, 2.24) is 0 Å². The van der Waals surface area contributed by atoms with E-state index in [0.29, 0.717) is 5.92 Å². The van der Waals surface area contributed by atoms with Crippen LogP contribution in [0.25, 0.3) is 0 Å². The van der Waals surface area contributed by atoms with Crippen molar-refractivity contribution in [3.8, 4) is 0 Å². The molecule has 0 N–H and O–H groups in total. The third-order valence-electron chi connectivity index (χ3n) is 5.94. The highest BCUT2D eigenvalue weighted by molar-refractivity contribution is 4.85. The van der Waals surface area contributed by atoms with Crippen LogP contribution in [0.1, 0.15) is 117 Å². The van der Waals surface area contributed by atoms with Crippen LogP contribution < -0.4 is 0 Å². The smallest absolute Gasteiger partial charge is 0.222 e. The minimum atomic E-state index is -0.666. The van der Waals surface area contributed by atoms with Gasteiger partial charge in [-0.2, -0.15) is 0 Å². The van der Waals surface area contributed by atoms with E-state index in [1.807, 2.05) is 6.92 Å². The van der Waals surface area contributed by atoms with Gasteiger partial charge < -0.3 is 0 Å². The lowest BCUT2D eigenvalue weighted by molar-refractivity contribution is -0.579. The quantitative estimate of drug-likeness (QED) is 0.210. The fourth-order valence-corrected chi connectivity index (χ4v) is 4.14. The zero-order chi connectivity index (χ0) is 17.0. The second kappa shape index (κ2) is 11.9. The molecule has 0 aromatic rings. The van der Waals surface area contributed by atoms with Gasteiger partial charge in [-0.05, 0) is 19.3 Å². The summed E-state index contributed by atoms with van der Waals surface area (Å²) in [5.74, 6) is 0.310. The molecule has 1 aliphatic rings. The van der Waals surface area contributed by atoms with Gasteiger partial charge in [-0.15, -0.1) is 0 Å². The predicted molar refractivity (Wildman–Crippen MR) is 98.4 cm³/mol. The molecule has 1 rings (SSSR count). The van der Waals surface area contributed by atoms with E-state index in [1.54, 1.807) is 0 Å². The van der Waals surface area contributed by atoms with Gasteiger partial charge in [-0.3, -0.25) is 10.1 Å². The third kappa shape index (κ3) is 7.67. The summed E-state index contributed by atoms with van der Waals surface area (Å²) < 4.78 is 0. The normalized spacial score (nSPS) is 18.7. The number of hydrogen-bond acceptors (Lipinski definition) is 2. The van der Waals surface area contributed by atoms with E-state index in [-0.39, 0.29) is 4.92 Å². The Morgan fingerprint density at radius 1 is 0.870 bits per heavy atom. The molecule has 3 heteroatoms. The highest BCUT2D eigenvalue weighted by atomic mass is 16.6. The molecule has 0 spiro atoms. The molecule has 3 nitrogen and oxygen atoms in total. The lowest BCUT2D eigenvalue weighted by Crippen LogP contribution is -2.43. The van der Waals surface area contributed by atoms with Crippen molar-refractivity contribution in [1.29, 1.82) is 0 Å². The molecular formula is C20H39NO2. The van der Waals surface area contributed by atoms with Gasteiger partial charge in [0.2, 0.25) is 5.54 Å². The summed E-state index contributed by atoms with van der Waals surface area (Å²) >= 11 is 0. The van der Waals surface area contributed by atoms with Crippen molar-refractivity contribution in [2.75, 3.05) is 0 Å². The molecule has 1 atom stereocenters. The topological polar surface area (TPSA) is 43.1 Å². The van der Waals surface area contributed by atoms with E-state index in [4.69, 9.17) is 0 Å². The van der Waals surface area contributed by atoms with Gasteiger partial charge in [-0.25, -0.2) is 0 Å². The van der Waals surface area contributed by atoms with Gasteiger partial charge in [0.05, 0.1) is 0 Å². The van der Waals surface area contributed by atoms with Gasteiger partial charge in [0.15, 0.2) is 0 Å². The van der Waals surface area contributed by atoms with E-state index >= 15 is 0 Å². The Morgan fingerprint density at radius 2 is 1.35 bits per heavy atom. The minimum absolute atomic E-state index is 0.0384. The van der Waals surface area contributed by atoms with Crippen LogP contribution >= 0.6 is 0 Å². The van der Waals surface area contributed by atoms with Crippen molar-refractivity contribution in [2.45, 2.75) is 122 Å². The molecule has 1 fully saturated rings. The van der Waals surface area contributed by atoms with Crippen LogP contribution in [0.5, 0.6) is 0 Å². The number of nitro groups is 1. The van der Waals surface area contributed by atoms with Crippen LogP contribution in [-0.4, -0.2) is 10.5 Å². The molecule has 1 saturated carbocycles. The SMILES string of the molecule is CCCCCCCCCCCCC(C)(C1CCCCC1)[N+](=O)[O-]. The second-order valence-electron chi connectivity index (χ2n) is 7.88. The molecule has 1 unspecified atom stereocenters. The molecule has 0 heterocycles. The van der Waals surface area contributed by atoms with Crippen LogP contribution in [0.4, 0.5) is 0 Å². The summed E-state index contributed by atoms with van der Waals surface area (Å²) in [4.78, 5) is 11.7. The summed E-state index contributed by atoms with van der Waals surface area (Å²) in [5.41, 5.74) is -0.666. The minimum Gasteiger partial charge on any atom is -0.264 e. The Kier molecular flexibility index (Phi) is 10.5. The number of unbranched alkanes of at least 4 members (excludes halogenated alkanes) is 9. The average molecular weight is 326 g/mol. The summed E-state index contributed by atoms with van der Waals surface area (Å²) in [6, 6.07) is 0. The summed E-state index contributed by atoms with van der Waals surface area (Å²) in [5, 5.41) is 11.6. The summed E-state index contributed by atoms with van der Waals surface area (Å²) in [6.45, 7) is 4.17. The van der Waals surface area contributed by atoms with Gasteiger partial charge >= 0.3 is 0 Å². The molecule has 0 radical (unpaired) electrons. The Balaban J connectivity index is 2.12. The van der Waals surface area contributed by atoms with E-state index in [0.717, 1.165) is 25.7 Å². The van der Waals surface area contributed by atoms with Crippen LogP contribution in [-0.2, 0) is 0 Å². The van der Waals surface area contributed by atoms with E-state index in [1.165, 1.54) is 77.0 Å². The Hall–Kier alpha value is -0.600. The Labute approximate surface area is 143 Å². The van der Waals surface area contributed by atoms with Crippen LogP contribution in [0.3, 0.4) is 0 Å². The zero-order valence-corrected chi connectivity index (χ0v) is 15.7. The highest BCUT2D eigenvalue weighted by Gasteiger charge is 2.44. The first-order valence-corrected chi connectivity index (χ1v) is 10.3. The van der Waals surface area contributed by atoms with Crippen LogP contribution in [0.2, 0.25) is 0 Å². The largest absolute Gasteiger partial charge is 0.264 e. The molecular weight excluding hydrogens is 286 g/mol. The van der Waals surface area contributed by atoms with Gasteiger partial charge in [0.25, 0.3) is 0 Å². The predicted octanol–water partition coefficient (Wildman–Crippen LogP) is 6.91. The van der Waals surface area contributed by atoms with Gasteiger partial charge in [0, 0.05) is 24.2 Å². The third-order valence-corrected chi connectivity index (χ3v) is 5.94. The van der Waals surface area contributed by atoms with Crippen molar-refractivity contribution in [3.63, 3.8) is 0 Å². The van der Waals surface area contributed by atoms with Crippen LogP contribution in [0, 0.1) is 16.0 Å². The van der Waals surface area contributed by atoms with Crippen molar-refractivity contribution in [3.05, 3.63) is 10.1 Å². The Morgan fingerprint density at radius 3 is 1.83 bits per heavy atom. The standard InChI is InChI=1S/C20H39NO2/c1-3-4-5-6-7-8-9-10-11-15-18-20(2,21(22)23)19-16-13-12-14-17-19/h19H,3-18H2,1-2H3. The first kappa shape index (κ1) is 20.4. The maximum Gasteiger partial charge on any atom is 0.222 e. The summed E-state index contributed by atoms with van der Waals surface area (Å²) in [7, 11) is 0. The first-order chi connectivity index (χ1) is 11.1. The number of rotatable bonds is 13. The van der Waals surface area contributed by atoms with E-state index < -0.39 is 5.54 Å². The van der Waals surface area contributed by atoms with E-state index in [9.17, 15) is 10.1 Å². The second-order valence-corrected chi connectivity index (χ2v) is 7.88. The highest BCUT2D eigenvalue weighted by Crippen LogP contribution is 2.37. The molecule has 0 aromatic heterocycles. The lowest BCUT2D eigenvalue weighted by atomic mass is 9.73. The zero-order valence-electron chi connectivity index (χ0n) is 15.7. The maximum absolute atomic E-state index is 11.6. The fourth-order valence-electron chi connectivity index (χ4n) is 4.14. The number of nitrogens with zero attached hydrogens (tertiary/aromatic N) is 1. The van der Waals surface area contributed by atoms with Crippen molar-refractivity contribution in [2.24, 2.45) is 5.92 Å². The van der Waals surface area contributed by atoms with Gasteiger partial charge in [0.1, 0.15) is 0 Å². The molecule has 0 saturated heterocycles. The van der Waals surface area contributed by atoms with Crippen LogP contribution in [0.15, 0.2) is 0 Å². The maximum atomic E-state index is 11.6. The monoisotopic (exact) mass is 325 g/mol. The molecule has 136 valence electrons. The first-order valence-electron chi connectivity index (χ1n) is 10.3. The molecule has 23 heavy (non-hydrogen) atoms. The molecule has 1 aliphatic carbocycles. The lowest BCUT2D eigenvalue weighted by Gasteiger charge is -2.32. The molecule has 0 amide bonds. The van der Waals surface area contributed by atoms with Crippen molar-refractivity contribution >= 4 is 0 Å². The molecule has 0 aromatic carbocycles. The number of hydrogen-bond donors (Lipinski definition) is 0. The average Bonchev–Trinajstić information content (AvgIpc) is 2.57. The van der Waals surface area contributed by atoms with Crippen molar-refractivity contribution < 1.29 is 4.92 Å². The molecule has 0 aliphatic heterocycles.